The Hall–Kier alpha value is -0.490. The van der Waals surface area contributed by atoms with Crippen LogP contribution in [0, 0.1) is 0 Å². The summed E-state index contributed by atoms with van der Waals surface area (Å²) in [6.45, 7) is 10.5. The number of aliphatic hydroxyl groups is 1. The normalized spacial score (nSPS) is 19.9. The summed E-state index contributed by atoms with van der Waals surface area (Å²) < 4.78 is 0. The number of rotatable bonds is 6. The minimum atomic E-state index is 0.115. The van der Waals surface area contributed by atoms with Gasteiger partial charge < -0.3 is 10.4 Å². The zero-order chi connectivity index (χ0) is 14.6. The van der Waals surface area contributed by atoms with Crippen molar-refractivity contribution >= 4 is 11.3 Å². The predicted molar refractivity (Wildman–Crippen MR) is 84.2 cm³/mol. The molecule has 1 aliphatic rings. The highest BCUT2D eigenvalue weighted by Gasteiger charge is 2.21. The highest BCUT2D eigenvalue weighted by Crippen LogP contribution is 2.24. The topological polar surface area (TPSA) is 48.4 Å². The van der Waals surface area contributed by atoms with Crippen LogP contribution in [0.2, 0.25) is 0 Å². The molecular formula is C15H27N3OS. The third kappa shape index (κ3) is 4.52. The average Bonchev–Trinajstić information content (AvgIpc) is 2.99. The zero-order valence-electron chi connectivity index (χ0n) is 12.9. The number of thiazole rings is 1. The second-order valence-electron chi connectivity index (χ2n) is 6.63. The number of hydrogen-bond donors (Lipinski definition) is 2. The molecule has 0 saturated carbocycles. The molecule has 1 atom stereocenters. The Morgan fingerprint density at radius 2 is 2.30 bits per heavy atom. The Kier molecular flexibility index (Phi) is 5.55. The molecule has 4 nitrogen and oxygen atoms in total. The fourth-order valence-electron chi connectivity index (χ4n) is 2.52. The van der Waals surface area contributed by atoms with Crippen LogP contribution in [0.25, 0.3) is 0 Å². The SMILES string of the molecule is CC(C)(C)c1csc(CN(CCO)CC2CCCN2)n1. The van der Waals surface area contributed by atoms with Crippen molar-refractivity contribution in [1.29, 1.82) is 0 Å². The van der Waals surface area contributed by atoms with Gasteiger partial charge >= 0.3 is 0 Å². The first kappa shape index (κ1) is 15.9. The van der Waals surface area contributed by atoms with Crippen molar-refractivity contribution in [2.24, 2.45) is 0 Å². The van der Waals surface area contributed by atoms with E-state index in [-0.39, 0.29) is 12.0 Å². The first-order valence-corrected chi connectivity index (χ1v) is 8.38. The molecule has 1 unspecified atom stereocenters. The second-order valence-corrected chi connectivity index (χ2v) is 7.57. The van der Waals surface area contributed by atoms with Gasteiger partial charge in [0.2, 0.25) is 0 Å². The molecule has 0 spiro atoms. The summed E-state index contributed by atoms with van der Waals surface area (Å²) in [5, 5.41) is 16.1. The van der Waals surface area contributed by atoms with Gasteiger partial charge in [0.1, 0.15) is 5.01 Å². The van der Waals surface area contributed by atoms with Crippen molar-refractivity contribution in [3.63, 3.8) is 0 Å². The van der Waals surface area contributed by atoms with E-state index in [2.05, 4.69) is 36.4 Å². The monoisotopic (exact) mass is 297 g/mol. The van der Waals surface area contributed by atoms with Crippen molar-refractivity contribution < 1.29 is 5.11 Å². The first-order chi connectivity index (χ1) is 9.49. The van der Waals surface area contributed by atoms with Crippen LogP contribution < -0.4 is 5.32 Å². The lowest BCUT2D eigenvalue weighted by molar-refractivity contribution is 0.179. The Labute approximate surface area is 126 Å². The number of aliphatic hydroxyl groups excluding tert-OH is 1. The largest absolute Gasteiger partial charge is 0.395 e. The van der Waals surface area contributed by atoms with E-state index in [9.17, 15) is 5.11 Å². The zero-order valence-corrected chi connectivity index (χ0v) is 13.7. The predicted octanol–water partition coefficient (Wildman–Crippen LogP) is 1.99. The van der Waals surface area contributed by atoms with Gasteiger partial charge in [-0.1, -0.05) is 20.8 Å². The molecule has 20 heavy (non-hydrogen) atoms. The van der Waals surface area contributed by atoms with Crippen molar-refractivity contribution in [2.45, 2.75) is 51.6 Å². The maximum absolute atomic E-state index is 9.24. The Morgan fingerprint density at radius 1 is 1.50 bits per heavy atom. The van der Waals surface area contributed by atoms with E-state index in [0.29, 0.717) is 6.04 Å². The molecule has 1 saturated heterocycles. The van der Waals surface area contributed by atoms with Gasteiger partial charge in [-0.15, -0.1) is 11.3 Å². The number of aromatic nitrogens is 1. The van der Waals surface area contributed by atoms with Gasteiger partial charge in [-0.25, -0.2) is 4.98 Å². The summed E-state index contributed by atoms with van der Waals surface area (Å²) in [6, 6.07) is 0.573. The highest BCUT2D eigenvalue weighted by atomic mass is 32.1. The second kappa shape index (κ2) is 6.98. The van der Waals surface area contributed by atoms with Gasteiger partial charge in [0.05, 0.1) is 18.8 Å². The summed E-state index contributed by atoms with van der Waals surface area (Å²) in [4.78, 5) is 7.07. The van der Waals surface area contributed by atoms with E-state index < -0.39 is 0 Å². The summed E-state index contributed by atoms with van der Waals surface area (Å²) >= 11 is 1.73. The van der Waals surface area contributed by atoms with E-state index in [1.54, 1.807) is 11.3 Å². The molecule has 2 N–H and O–H groups in total. The lowest BCUT2D eigenvalue weighted by atomic mass is 9.93. The van der Waals surface area contributed by atoms with Gasteiger partial charge in [0, 0.05) is 29.9 Å². The summed E-state index contributed by atoms with van der Waals surface area (Å²) in [5.41, 5.74) is 1.28. The third-order valence-electron chi connectivity index (χ3n) is 3.74. The minimum Gasteiger partial charge on any atom is -0.395 e. The fraction of sp³-hybridized carbons (Fsp3) is 0.800. The maximum Gasteiger partial charge on any atom is 0.107 e. The van der Waals surface area contributed by atoms with E-state index in [4.69, 9.17) is 4.98 Å². The standard InChI is InChI=1S/C15H27N3OS/c1-15(2,3)13-11-20-14(17-13)10-18(7-8-19)9-12-5-4-6-16-12/h11-12,16,19H,4-10H2,1-3H3. The quantitative estimate of drug-likeness (QED) is 0.843. The van der Waals surface area contributed by atoms with Gasteiger partial charge in [-0.3, -0.25) is 4.90 Å². The van der Waals surface area contributed by atoms with Crippen LogP contribution in [-0.4, -0.2) is 47.3 Å². The molecule has 1 aliphatic heterocycles. The Morgan fingerprint density at radius 3 is 2.85 bits per heavy atom. The van der Waals surface area contributed by atoms with Crippen LogP contribution in [-0.2, 0) is 12.0 Å². The van der Waals surface area contributed by atoms with Crippen LogP contribution in [0.3, 0.4) is 0 Å². The van der Waals surface area contributed by atoms with Crippen LogP contribution in [0.15, 0.2) is 5.38 Å². The summed E-state index contributed by atoms with van der Waals surface area (Å²) in [5.74, 6) is 0. The Bertz CT molecular complexity index is 407. The molecule has 2 heterocycles. The van der Waals surface area contributed by atoms with E-state index in [1.807, 2.05) is 0 Å². The van der Waals surface area contributed by atoms with Crippen molar-refractivity contribution in [3.05, 3.63) is 16.1 Å². The molecule has 0 aliphatic carbocycles. The molecule has 0 amide bonds. The molecule has 114 valence electrons. The van der Waals surface area contributed by atoms with Gasteiger partial charge in [0.15, 0.2) is 0 Å². The van der Waals surface area contributed by atoms with Crippen molar-refractivity contribution in [2.75, 3.05) is 26.2 Å². The molecule has 5 heteroatoms. The molecule has 1 aromatic heterocycles. The van der Waals surface area contributed by atoms with E-state index in [0.717, 1.165) is 31.2 Å². The van der Waals surface area contributed by atoms with Gasteiger partial charge in [-0.2, -0.15) is 0 Å². The fourth-order valence-corrected chi connectivity index (χ4v) is 3.58. The van der Waals surface area contributed by atoms with Crippen LogP contribution in [0.4, 0.5) is 0 Å². The highest BCUT2D eigenvalue weighted by molar-refractivity contribution is 7.09. The van der Waals surface area contributed by atoms with Crippen molar-refractivity contribution in [1.82, 2.24) is 15.2 Å². The molecule has 0 aromatic carbocycles. The van der Waals surface area contributed by atoms with Gasteiger partial charge in [-0.05, 0) is 19.4 Å². The Balaban J connectivity index is 1.94. The summed E-state index contributed by atoms with van der Waals surface area (Å²) in [6.07, 6.45) is 2.51. The van der Waals surface area contributed by atoms with Crippen molar-refractivity contribution in [3.8, 4) is 0 Å². The van der Waals surface area contributed by atoms with Crippen LogP contribution >= 0.6 is 11.3 Å². The number of hydrogen-bond acceptors (Lipinski definition) is 5. The number of nitrogens with zero attached hydrogens (tertiary/aromatic N) is 2. The smallest absolute Gasteiger partial charge is 0.107 e. The van der Waals surface area contributed by atoms with Gasteiger partial charge in [0.25, 0.3) is 0 Å². The summed E-state index contributed by atoms with van der Waals surface area (Å²) in [7, 11) is 0. The maximum atomic E-state index is 9.24. The molecular weight excluding hydrogens is 270 g/mol. The van der Waals surface area contributed by atoms with E-state index in [1.165, 1.54) is 18.5 Å². The molecule has 2 rings (SSSR count). The lowest BCUT2D eigenvalue weighted by Gasteiger charge is -2.24. The van der Waals surface area contributed by atoms with Crippen LogP contribution in [0.5, 0.6) is 0 Å². The van der Waals surface area contributed by atoms with Crippen LogP contribution in [0.1, 0.15) is 44.3 Å². The first-order valence-electron chi connectivity index (χ1n) is 7.50. The number of nitrogens with one attached hydrogen (secondary N) is 1. The average molecular weight is 297 g/mol. The molecule has 1 aromatic rings. The van der Waals surface area contributed by atoms with E-state index >= 15 is 0 Å². The molecule has 0 bridgehead atoms. The minimum absolute atomic E-state index is 0.115. The third-order valence-corrected chi connectivity index (χ3v) is 4.57. The lowest BCUT2D eigenvalue weighted by Crippen LogP contribution is -2.38. The molecule has 1 fully saturated rings. The molecule has 0 radical (unpaired) electrons.